The highest BCUT2D eigenvalue weighted by molar-refractivity contribution is 14.0. The highest BCUT2D eigenvalue weighted by atomic mass is 127. The Bertz CT molecular complexity index is 712. The summed E-state index contributed by atoms with van der Waals surface area (Å²) in [5.41, 5.74) is 0. The second-order valence-electron chi connectivity index (χ2n) is 7.79. The van der Waals surface area contributed by atoms with Gasteiger partial charge in [0, 0.05) is 51.5 Å². The Hall–Kier alpha value is -1.69. The Labute approximate surface area is 195 Å². The van der Waals surface area contributed by atoms with E-state index in [9.17, 15) is 4.79 Å². The van der Waals surface area contributed by atoms with Gasteiger partial charge in [-0.1, -0.05) is 0 Å². The second kappa shape index (κ2) is 11.1. The van der Waals surface area contributed by atoms with E-state index in [1.54, 1.807) is 12.4 Å². The van der Waals surface area contributed by atoms with Crippen molar-refractivity contribution in [3.05, 3.63) is 18.5 Å². The highest BCUT2D eigenvalue weighted by Gasteiger charge is 2.41. The molecule has 3 aliphatic heterocycles. The van der Waals surface area contributed by atoms with Crippen LogP contribution < -0.4 is 15.5 Å². The topological polar surface area (TPSA) is 95.0 Å². The van der Waals surface area contributed by atoms with Crippen LogP contribution >= 0.6 is 24.0 Å². The first kappa shape index (κ1) is 23.0. The Balaban J connectivity index is 0.00000256. The van der Waals surface area contributed by atoms with Gasteiger partial charge in [-0.15, -0.1) is 24.0 Å². The summed E-state index contributed by atoms with van der Waals surface area (Å²) in [6, 6.07) is 2.14. The highest BCUT2D eigenvalue weighted by Crippen LogP contribution is 2.34. The number of hydrogen-bond donors (Lipinski definition) is 2. The molecule has 2 bridgehead atoms. The van der Waals surface area contributed by atoms with Crippen LogP contribution in [0.5, 0.6) is 0 Å². The van der Waals surface area contributed by atoms with E-state index in [2.05, 4.69) is 37.4 Å². The van der Waals surface area contributed by atoms with Crippen molar-refractivity contribution in [1.82, 2.24) is 25.5 Å². The van der Waals surface area contributed by atoms with Crippen molar-refractivity contribution in [2.24, 2.45) is 4.99 Å². The maximum Gasteiger partial charge on any atom is 0.225 e. The van der Waals surface area contributed by atoms with Crippen LogP contribution in [0, 0.1) is 0 Å². The van der Waals surface area contributed by atoms with Gasteiger partial charge < -0.3 is 25.2 Å². The molecule has 0 aromatic carbocycles. The van der Waals surface area contributed by atoms with E-state index in [0.717, 1.165) is 44.4 Å². The standard InChI is InChI=1S/C20H31N7O2.HI/c1-2-21-19(25-16-14-15-4-5-17(16)29-15)22-9-6-18(28)26-10-12-27(13-11-26)20-23-7-3-8-24-20;/h3,7-8,15-17H,2,4-6,9-14H2,1H3,(H2,21,22,25);1H. The molecule has 3 fully saturated rings. The number of aromatic nitrogens is 2. The summed E-state index contributed by atoms with van der Waals surface area (Å²) in [6.45, 7) is 6.24. The third kappa shape index (κ3) is 5.71. The molecule has 1 aromatic heterocycles. The van der Waals surface area contributed by atoms with E-state index in [1.165, 1.54) is 6.42 Å². The van der Waals surface area contributed by atoms with Crippen molar-refractivity contribution in [2.75, 3.05) is 44.2 Å². The van der Waals surface area contributed by atoms with Crippen LogP contribution in [0.4, 0.5) is 5.95 Å². The van der Waals surface area contributed by atoms with Crippen molar-refractivity contribution in [3.8, 4) is 0 Å². The summed E-state index contributed by atoms with van der Waals surface area (Å²) in [4.78, 5) is 29.8. The Kier molecular flexibility index (Phi) is 8.49. The fourth-order valence-corrected chi connectivity index (χ4v) is 4.32. The molecule has 10 heteroatoms. The Morgan fingerprint density at radius 3 is 2.63 bits per heavy atom. The van der Waals surface area contributed by atoms with E-state index in [4.69, 9.17) is 4.74 Å². The van der Waals surface area contributed by atoms with Gasteiger partial charge in [0.15, 0.2) is 5.96 Å². The fraction of sp³-hybridized carbons (Fsp3) is 0.700. The first-order valence-corrected chi connectivity index (χ1v) is 10.7. The molecule has 3 unspecified atom stereocenters. The minimum absolute atomic E-state index is 0. The molecule has 3 aliphatic rings. The molecular weight excluding hydrogens is 497 g/mol. The van der Waals surface area contributed by atoms with Gasteiger partial charge in [0.25, 0.3) is 0 Å². The number of ether oxygens (including phenoxy) is 1. The third-order valence-electron chi connectivity index (χ3n) is 5.84. The monoisotopic (exact) mass is 529 g/mol. The third-order valence-corrected chi connectivity index (χ3v) is 5.84. The normalized spacial score (nSPS) is 25.8. The van der Waals surface area contributed by atoms with Gasteiger partial charge in [0.2, 0.25) is 11.9 Å². The molecule has 0 spiro atoms. The van der Waals surface area contributed by atoms with E-state index in [0.29, 0.717) is 44.3 Å². The predicted octanol–water partition coefficient (Wildman–Crippen LogP) is 1.01. The maximum absolute atomic E-state index is 12.6. The number of fused-ring (bicyclic) bond motifs is 2. The van der Waals surface area contributed by atoms with Gasteiger partial charge in [-0.25, -0.2) is 9.97 Å². The average Bonchev–Trinajstić information content (AvgIpc) is 3.38. The lowest BCUT2D eigenvalue weighted by Crippen LogP contribution is -2.49. The van der Waals surface area contributed by atoms with Crippen molar-refractivity contribution in [2.45, 2.75) is 50.9 Å². The van der Waals surface area contributed by atoms with Gasteiger partial charge in [0.1, 0.15) is 0 Å². The van der Waals surface area contributed by atoms with E-state index in [-0.39, 0.29) is 29.9 Å². The van der Waals surface area contributed by atoms with Crippen LogP contribution in [0.1, 0.15) is 32.6 Å². The summed E-state index contributed by atoms with van der Waals surface area (Å²) < 4.78 is 5.91. The number of aliphatic imine (C=N–C) groups is 1. The van der Waals surface area contributed by atoms with Crippen molar-refractivity contribution in [1.29, 1.82) is 0 Å². The molecule has 166 valence electrons. The molecule has 2 N–H and O–H groups in total. The molecule has 9 nitrogen and oxygen atoms in total. The van der Waals surface area contributed by atoms with Crippen LogP contribution in [0.25, 0.3) is 0 Å². The van der Waals surface area contributed by atoms with Crippen molar-refractivity contribution < 1.29 is 9.53 Å². The quantitative estimate of drug-likeness (QED) is 0.323. The lowest BCUT2D eigenvalue weighted by atomic mass is 9.96. The van der Waals surface area contributed by atoms with E-state index in [1.807, 2.05) is 11.0 Å². The molecule has 3 saturated heterocycles. The summed E-state index contributed by atoms with van der Waals surface area (Å²) in [5, 5.41) is 6.78. The number of carbonyl (C=O) groups is 1. The van der Waals surface area contributed by atoms with Gasteiger partial charge in [-0.3, -0.25) is 9.79 Å². The fourth-order valence-electron chi connectivity index (χ4n) is 4.32. The number of halogens is 1. The average molecular weight is 529 g/mol. The zero-order valence-corrected chi connectivity index (χ0v) is 19.8. The van der Waals surface area contributed by atoms with Crippen LogP contribution in [0.15, 0.2) is 23.5 Å². The minimum Gasteiger partial charge on any atom is -0.373 e. The van der Waals surface area contributed by atoms with Gasteiger partial charge in [-0.05, 0) is 32.3 Å². The second-order valence-corrected chi connectivity index (χ2v) is 7.79. The number of nitrogens with zero attached hydrogens (tertiary/aromatic N) is 5. The number of piperazine rings is 1. The van der Waals surface area contributed by atoms with E-state index < -0.39 is 0 Å². The number of anilines is 1. The van der Waals surface area contributed by atoms with Crippen LogP contribution in [0.2, 0.25) is 0 Å². The first-order chi connectivity index (χ1) is 14.2. The summed E-state index contributed by atoms with van der Waals surface area (Å²) in [7, 11) is 0. The van der Waals surface area contributed by atoms with Crippen molar-refractivity contribution >= 4 is 41.8 Å². The molecule has 0 aliphatic carbocycles. The van der Waals surface area contributed by atoms with Crippen molar-refractivity contribution in [3.63, 3.8) is 0 Å². The van der Waals surface area contributed by atoms with Crippen LogP contribution in [-0.4, -0.2) is 84.3 Å². The molecule has 3 atom stereocenters. The minimum atomic E-state index is 0. The number of rotatable bonds is 6. The molecule has 0 radical (unpaired) electrons. The smallest absolute Gasteiger partial charge is 0.225 e. The lowest BCUT2D eigenvalue weighted by Gasteiger charge is -2.34. The molecule has 30 heavy (non-hydrogen) atoms. The number of amides is 1. The van der Waals surface area contributed by atoms with E-state index >= 15 is 0 Å². The SMILES string of the molecule is CCNC(=NCCC(=O)N1CCN(c2ncccn2)CC1)NC1CC2CCC1O2.I. The van der Waals surface area contributed by atoms with Crippen LogP contribution in [-0.2, 0) is 9.53 Å². The van der Waals surface area contributed by atoms with Gasteiger partial charge in [-0.2, -0.15) is 0 Å². The molecule has 4 rings (SSSR count). The lowest BCUT2D eigenvalue weighted by molar-refractivity contribution is -0.131. The molecule has 0 saturated carbocycles. The zero-order chi connectivity index (χ0) is 20.1. The summed E-state index contributed by atoms with van der Waals surface area (Å²) in [5.74, 6) is 1.67. The summed E-state index contributed by atoms with van der Waals surface area (Å²) >= 11 is 0. The molecule has 4 heterocycles. The number of nitrogens with one attached hydrogen (secondary N) is 2. The molecule has 1 aromatic rings. The molecular formula is C20H32IN7O2. The predicted molar refractivity (Wildman–Crippen MR) is 126 cm³/mol. The maximum atomic E-state index is 12.6. The largest absolute Gasteiger partial charge is 0.373 e. The zero-order valence-electron chi connectivity index (χ0n) is 17.5. The van der Waals surface area contributed by atoms with Gasteiger partial charge >= 0.3 is 0 Å². The number of guanidine groups is 1. The van der Waals surface area contributed by atoms with Gasteiger partial charge in [0.05, 0.1) is 24.8 Å². The number of hydrogen-bond acceptors (Lipinski definition) is 6. The Morgan fingerprint density at radius 2 is 2.00 bits per heavy atom. The first-order valence-electron chi connectivity index (χ1n) is 10.7. The Morgan fingerprint density at radius 1 is 1.23 bits per heavy atom. The van der Waals surface area contributed by atoms with Crippen LogP contribution in [0.3, 0.4) is 0 Å². The summed E-state index contributed by atoms with van der Waals surface area (Å²) in [6.07, 6.45) is 7.97. The molecule has 1 amide bonds. The number of carbonyl (C=O) groups excluding carboxylic acids is 1.